The number of hydrogen-bond acceptors (Lipinski definition) is 2. The Balaban J connectivity index is 2.31. The van der Waals surface area contributed by atoms with E-state index in [9.17, 15) is 4.79 Å². The minimum atomic E-state index is -0.461. The number of carbonyl (C=O) groups is 1. The predicted octanol–water partition coefficient (Wildman–Crippen LogP) is 4.31. The summed E-state index contributed by atoms with van der Waals surface area (Å²) in [5.41, 5.74) is 0.568. The summed E-state index contributed by atoms with van der Waals surface area (Å²) in [5, 5.41) is 1.10. The van der Waals surface area contributed by atoms with E-state index in [-0.39, 0.29) is 12.0 Å². The smallest absolute Gasteiger partial charge is 0.329 e. The topological polar surface area (TPSA) is 31.2 Å². The molecule has 0 bridgehead atoms. The van der Waals surface area contributed by atoms with Crippen molar-refractivity contribution in [2.24, 2.45) is 0 Å². The van der Waals surface area contributed by atoms with Crippen molar-refractivity contribution in [2.45, 2.75) is 39.3 Å². The molecule has 0 amide bonds. The van der Waals surface area contributed by atoms with Crippen LogP contribution in [0.1, 0.15) is 33.7 Å². The number of esters is 1. The van der Waals surface area contributed by atoms with Crippen LogP contribution in [0.25, 0.3) is 10.9 Å². The van der Waals surface area contributed by atoms with E-state index in [2.05, 4.69) is 15.9 Å². The summed E-state index contributed by atoms with van der Waals surface area (Å²) in [7, 11) is 0. The highest BCUT2D eigenvalue weighted by Crippen LogP contribution is 2.25. The van der Waals surface area contributed by atoms with Gasteiger partial charge in [-0.25, -0.2) is 4.79 Å². The van der Waals surface area contributed by atoms with E-state index in [1.165, 1.54) is 0 Å². The molecule has 0 saturated heterocycles. The first-order valence-corrected chi connectivity index (χ1v) is 7.06. The van der Waals surface area contributed by atoms with Gasteiger partial charge >= 0.3 is 5.97 Å². The van der Waals surface area contributed by atoms with E-state index in [0.717, 1.165) is 15.4 Å². The summed E-state index contributed by atoms with van der Waals surface area (Å²) < 4.78 is 8.40. The van der Waals surface area contributed by atoms with Crippen molar-refractivity contribution in [1.82, 2.24) is 4.57 Å². The third-order valence-electron chi connectivity index (χ3n) is 2.85. The Hall–Kier alpha value is -1.29. The number of ether oxygens (including phenoxy) is 1. The zero-order valence-corrected chi connectivity index (χ0v) is 13.2. The van der Waals surface area contributed by atoms with Crippen LogP contribution in [-0.4, -0.2) is 16.1 Å². The maximum absolute atomic E-state index is 12.1. The molecule has 0 fully saturated rings. The fraction of sp³-hybridized carbons (Fsp3) is 0.400. The van der Waals surface area contributed by atoms with Crippen molar-refractivity contribution in [3.63, 3.8) is 0 Å². The van der Waals surface area contributed by atoms with Crippen LogP contribution in [0.2, 0.25) is 0 Å². The summed E-state index contributed by atoms with van der Waals surface area (Å²) >= 11 is 3.45. The van der Waals surface area contributed by atoms with Crippen LogP contribution < -0.4 is 0 Å². The molecule has 1 heterocycles. The number of aromatic nitrogens is 1. The Morgan fingerprint density at radius 3 is 2.63 bits per heavy atom. The molecule has 0 aliphatic carbocycles. The molecule has 0 N–H and O–H groups in total. The molecule has 1 aromatic carbocycles. The largest absolute Gasteiger partial charge is 0.458 e. The van der Waals surface area contributed by atoms with Gasteiger partial charge in [-0.15, -0.1) is 0 Å². The third-order valence-corrected chi connectivity index (χ3v) is 3.34. The number of nitrogens with zero attached hydrogens (tertiary/aromatic N) is 1. The lowest BCUT2D eigenvalue weighted by Crippen LogP contribution is -2.28. The second-order valence-corrected chi connectivity index (χ2v) is 6.55. The lowest BCUT2D eigenvalue weighted by atomic mass is 10.2. The lowest BCUT2D eigenvalue weighted by Gasteiger charge is -2.23. The van der Waals surface area contributed by atoms with E-state index in [4.69, 9.17) is 4.74 Å². The number of rotatable bonds is 2. The molecule has 0 saturated carbocycles. The molecule has 1 unspecified atom stereocenters. The van der Waals surface area contributed by atoms with E-state index in [0.29, 0.717) is 0 Å². The van der Waals surface area contributed by atoms with Crippen molar-refractivity contribution in [2.75, 3.05) is 0 Å². The van der Waals surface area contributed by atoms with Gasteiger partial charge in [-0.05, 0) is 52.0 Å². The maximum Gasteiger partial charge on any atom is 0.329 e. The summed E-state index contributed by atoms with van der Waals surface area (Å²) in [6, 6.07) is 7.67. The molecule has 19 heavy (non-hydrogen) atoms. The zero-order valence-electron chi connectivity index (χ0n) is 11.6. The van der Waals surface area contributed by atoms with Gasteiger partial charge in [0.15, 0.2) is 0 Å². The Morgan fingerprint density at radius 1 is 1.32 bits per heavy atom. The van der Waals surface area contributed by atoms with Crippen LogP contribution in [0, 0.1) is 0 Å². The average molecular weight is 324 g/mol. The quantitative estimate of drug-likeness (QED) is 0.771. The van der Waals surface area contributed by atoms with Crippen molar-refractivity contribution < 1.29 is 9.53 Å². The molecule has 0 aliphatic rings. The first-order chi connectivity index (χ1) is 8.78. The van der Waals surface area contributed by atoms with Gasteiger partial charge in [-0.1, -0.05) is 15.9 Å². The van der Waals surface area contributed by atoms with Crippen LogP contribution in [0.5, 0.6) is 0 Å². The van der Waals surface area contributed by atoms with Gasteiger partial charge in [-0.3, -0.25) is 0 Å². The number of hydrogen-bond donors (Lipinski definition) is 0. The molecule has 3 nitrogen and oxygen atoms in total. The van der Waals surface area contributed by atoms with Gasteiger partial charge in [0.2, 0.25) is 0 Å². The van der Waals surface area contributed by atoms with Crippen LogP contribution in [-0.2, 0) is 9.53 Å². The Kier molecular flexibility index (Phi) is 3.72. The number of benzene rings is 1. The molecule has 0 aliphatic heterocycles. The second kappa shape index (κ2) is 5.00. The standard InChI is InChI=1S/C15H18BrNO2/c1-10(14(18)19-15(2,3)4)17-8-7-11-9-12(16)5-6-13(11)17/h5-10H,1-4H3. The van der Waals surface area contributed by atoms with Crippen LogP contribution >= 0.6 is 15.9 Å². The molecule has 2 aromatic rings. The number of halogens is 1. The molecule has 0 radical (unpaired) electrons. The van der Waals surface area contributed by atoms with Crippen LogP contribution in [0.3, 0.4) is 0 Å². The minimum Gasteiger partial charge on any atom is -0.458 e. The number of fused-ring (bicyclic) bond motifs is 1. The highest BCUT2D eigenvalue weighted by Gasteiger charge is 2.23. The molecule has 0 spiro atoms. The average Bonchev–Trinajstić information content (AvgIpc) is 2.68. The van der Waals surface area contributed by atoms with Crippen molar-refractivity contribution in [1.29, 1.82) is 0 Å². The van der Waals surface area contributed by atoms with Crippen molar-refractivity contribution in [3.8, 4) is 0 Å². The third kappa shape index (κ3) is 3.18. The summed E-state index contributed by atoms with van der Waals surface area (Å²) in [6.07, 6.45) is 1.92. The monoisotopic (exact) mass is 323 g/mol. The minimum absolute atomic E-state index is 0.215. The fourth-order valence-electron chi connectivity index (χ4n) is 1.97. The second-order valence-electron chi connectivity index (χ2n) is 5.64. The molecular weight excluding hydrogens is 306 g/mol. The summed E-state index contributed by atoms with van der Waals surface area (Å²) in [5.74, 6) is -0.215. The van der Waals surface area contributed by atoms with Gasteiger partial charge in [0.1, 0.15) is 11.6 Å². The molecular formula is C15H18BrNO2. The maximum atomic E-state index is 12.1. The first-order valence-electron chi connectivity index (χ1n) is 6.27. The molecule has 102 valence electrons. The van der Waals surface area contributed by atoms with Crippen molar-refractivity contribution >= 4 is 32.8 Å². The van der Waals surface area contributed by atoms with Crippen LogP contribution in [0.15, 0.2) is 34.9 Å². The van der Waals surface area contributed by atoms with E-state index in [1.807, 2.05) is 62.7 Å². The Labute approximate surface area is 121 Å². The van der Waals surface area contributed by atoms with E-state index >= 15 is 0 Å². The lowest BCUT2D eigenvalue weighted by molar-refractivity contribution is -0.158. The molecule has 1 atom stereocenters. The predicted molar refractivity (Wildman–Crippen MR) is 80.2 cm³/mol. The first kappa shape index (κ1) is 14.1. The molecule has 1 aromatic heterocycles. The van der Waals surface area contributed by atoms with Gasteiger partial charge in [-0.2, -0.15) is 0 Å². The molecule has 4 heteroatoms. The Morgan fingerprint density at radius 2 is 2.00 bits per heavy atom. The Bertz CT molecular complexity index is 610. The van der Waals surface area contributed by atoms with Gasteiger partial charge in [0, 0.05) is 21.6 Å². The zero-order chi connectivity index (χ0) is 14.2. The highest BCUT2D eigenvalue weighted by molar-refractivity contribution is 9.10. The van der Waals surface area contributed by atoms with Gasteiger partial charge < -0.3 is 9.30 Å². The SMILES string of the molecule is CC(C(=O)OC(C)(C)C)n1ccc2cc(Br)ccc21. The van der Waals surface area contributed by atoms with E-state index in [1.54, 1.807) is 0 Å². The summed E-state index contributed by atoms with van der Waals surface area (Å²) in [4.78, 5) is 12.1. The van der Waals surface area contributed by atoms with Gasteiger partial charge in [0.05, 0.1) is 0 Å². The fourth-order valence-corrected chi connectivity index (χ4v) is 2.35. The van der Waals surface area contributed by atoms with Crippen LogP contribution in [0.4, 0.5) is 0 Å². The highest BCUT2D eigenvalue weighted by atomic mass is 79.9. The van der Waals surface area contributed by atoms with E-state index < -0.39 is 5.60 Å². The summed E-state index contributed by atoms with van der Waals surface area (Å²) in [6.45, 7) is 7.49. The van der Waals surface area contributed by atoms with Gasteiger partial charge in [0.25, 0.3) is 0 Å². The molecule has 2 rings (SSSR count). The number of carbonyl (C=O) groups excluding carboxylic acids is 1. The van der Waals surface area contributed by atoms with Crippen molar-refractivity contribution in [3.05, 3.63) is 34.9 Å². The normalized spacial score (nSPS) is 13.5.